The van der Waals surface area contributed by atoms with Crippen LogP contribution < -0.4 is 5.73 Å². The highest BCUT2D eigenvalue weighted by atomic mass is 15.1. The van der Waals surface area contributed by atoms with E-state index in [-0.39, 0.29) is 0 Å². The van der Waals surface area contributed by atoms with Gasteiger partial charge in [0.2, 0.25) is 0 Å². The van der Waals surface area contributed by atoms with Gasteiger partial charge in [0.05, 0.1) is 11.3 Å². The summed E-state index contributed by atoms with van der Waals surface area (Å²) >= 11 is 0. The van der Waals surface area contributed by atoms with Crippen LogP contribution in [-0.4, -0.2) is 4.57 Å². The molecule has 0 amide bonds. The smallest absolute Gasteiger partial charge is 0.126 e. The van der Waals surface area contributed by atoms with E-state index in [2.05, 4.69) is 44.2 Å². The molecule has 0 spiro atoms. The van der Waals surface area contributed by atoms with Gasteiger partial charge in [0.1, 0.15) is 11.9 Å². The lowest BCUT2D eigenvalue weighted by Gasteiger charge is -2.13. The van der Waals surface area contributed by atoms with E-state index in [1.807, 2.05) is 34.9 Å². The highest BCUT2D eigenvalue weighted by Crippen LogP contribution is 2.36. The molecule has 114 valence electrons. The molecule has 1 aromatic heterocycles. The number of nitrogens with zero attached hydrogens (tertiary/aromatic N) is 2. The zero-order chi connectivity index (χ0) is 16.4. The van der Waals surface area contributed by atoms with Crippen molar-refractivity contribution in [2.45, 2.75) is 20.3 Å². The van der Waals surface area contributed by atoms with Gasteiger partial charge in [0.25, 0.3) is 0 Å². The fourth-order valence-corrected chi connectivity index (χ4v) is 2.97. The van der Waals surface area contributed by atoms with Crippen LogP contribution >= 0.6 is 0 Å². The molecule has 0 saturated carbocycles. The van der Waals surface area contributed by atoms with Crippen LogP contribution in [0.5, 0.6) is 0 Å². The minimum atomic E-state index is 0.507. The largest absolute Gasteiger partial charge is 0.384 e. The molecule has 23 heavy (non-hydrogen) atoms. The minimum absolute atomic E-state index is 0.507. The van der Waals surface area contributed by atoms with Crippen molar-refractivity contribution in [2.75, 3.05) is 5.73 Å². The number of nitriles is 1. The Hall–Kier alpha value is -2.99. The van der Waals surface area contributed by atoms with Crippen molar-refractivity contribution in [2.24, 2.45) is 0 Å². The molecule has 0 aliphatic rings. The van der Waals surface area contributed by atoms with Gasteiger partial charge < -0.3 is 5.73 Å². The van der Waals surface area contributed by atoms with Crippen molar-refractivity contribution < 1.29 is 0 Å². The number of aryl methyl sites for hydroxylation is 1. The number of nitrogens with two attached hydrogens (primary N) is 1. The maximum atomic E-state index is 9.56. The first-order valence-corrected chi connectivity index (χ1v) is 7.73. The fourth-order valence-electron chi connectivity index (χ4n) is 2.97. The number of nitrogen functional groups attached to an aromatic ring is 1. The summed E-state index contributed by atoms with van der Waals surface area (Å²) in [6, 6.07) is 20.6. The zero-order valence-corrected chi connectivity index (χ0v) is 13.4. The molecule has 0 bridgehead atoms. The molecule has 1 heterocycles. The normalized spacial score (nSPS) is 10.5. The quantitative estimate of drug-likeness (QED) is 0.776. The van der Waals surface area contributed by atoms with E-state index >= 15 is 0 Å². The topological polar surface area (TPSA) is 54.7 Å². The molecule has 3 rings (SSSR count). The zero-order valence-electron chi connectivity index (χ0n) is 13.4. The Bertz CT molecular complexity index is 866. The second-order valence-electron chi connectivity index (χ2n) is 5.59. The number of rotatable bonds is 3. The van der Waals surface area contributed by atoms with Gasteiger partial charge in [-0.2, -0.15) is 5.26 Å². The van der Waals surface area contributed by atoms with Gasteiger partial charge in [-0.1, -0.05) is 55.0 Å². The Kier molecular flexibility index (Phi) is 3.91. The Morgan fingerprint density at radius 2 is 1.70 bits per heavy atom. The Morgan fingerprint density at radius 1 is 1.04 bits per heavy atom. The van der Waals surface area contributed by atoms with Crippen LogP contribution in [0, 0.1) is 18.3 Å². The molecule has 3 aromatic rings. The van der Waals surface area contributed by atoms with Crippen molar-refractivity contribution in [3.63, 3.8) is 0 Å². The van der Waals surface area contributed by atoms with Crippen molar-refractivity contribution in [3.05, 3.63) is 71.3 Å². The maximum Gasteiger partial charge on any atom is 0.126 e. The molecule has 0 unspecified atom stereocenters. The average molecular weight is 301 g/mol. The molecule has 3 nitrogen and oxygen atoms in total. The summed E-state index contributed by atoms with van der Waals surface area (Å²) in [6.45, 7) is 4.11. The molecular formula is C20H19N3. The Morgan fingerprint density at radius 3 is 2.26 bits per heavy atom. The third-order valence-electron chi connectivity index (χ3n) is 4.11. The first kappa shape index (κ1) is 14.9. The predicted octanol–water partition coefficient (Wildman–Crippen LogP) is 4.47. The molecule has 0 atom stereocenters. The summed E-state index contributed by atoms with van der Waals surface area (Å²) in [7, 11) is 0. The highest BCUT2D eigenvalue weighted by molar-refractivity contribution is 5.77. The van der Waals surface area contributed by atoms with E-state index in [0.717, 1.165) is 28.9 Å². The summed E-state index contributed by atoms with van der Waals surface area (Å²) in [6.07, 6.45) is 0.760. The van der Waals surface area contributed by atoms with Gasteiger partial charge in [-0.3, -0.25) is 4.57 Å². The number of aromatic nitrogens is 1. The van der Waals surface area contributed by atoms with Gasteiger partial charge >= 0.3 is 0 Å². The summed E-state index contributed by atoms with van der Waals surface area (Å²) < 4.78 is 1.99. The van der Waals surface area contributed by atoms with E-state index in [1.54, 1.807) is 0 Å². The number of benzene rings is 2. The number of hydrogen-bond donors (Lipinski definition) is 1. The molecular weight excluding hydrogens is 282 g/mol. The Balaban J connectivity index is 2.36. The molecule has 0 aliphatic heterocycles. The first-order valence-electron chi connectivity index (χ1n) is 7.73. The Labute approximate surface area is 136 Å². The van der Waals surface area contributed by atoms with Crippen molar-refractivity contribution in [1.29, 1.82) is 5.26 Å². The highest BCUT2D eigenvalue weighted by Gasteiger charge is 2.21. The lowest BCUT2D eigenvalue weighted by Crippen LogP contribution is -2.02. The van der Waals surface area contributed by atoms with E-state index in [4.69, 9.17) is 5.73 Å². The van der Waals surface area contributed by atoms with Crippen LogP contribution in [0.2, 0.25) is 0 Å². The summed E-state index contributed by atoms with van der Waals surface area (Å²) in [5.41, 5.74) is 12.2. The van der Waals surface area contributed by atoms with Crippen LogP contribution in [-0.2, 0) is 6.42 Å². The number of hydrogen-bond acceptors (Lipinski definition) is 2. The molecule has 0 fully saturated rings. The molecule has 3 heteroatoms. The van der Waals surface area contributed by atoms with Crippen LogP contribution in [0.25, 0.3) is 16.9 Å². The lowest BCUT2D eigenvalue weighted by atomic mass is 10.0. The molecule has 0 saturated heterocycles. The van der Waals surface area contributed by atoms with Crippen LogP contribution in [0.4, 0.5) is 5.82 Å². The van der Waals surface area contributed by atoms with E-state index in [9.17, 15) is 5.26 Å². The molecule has 0 aliphatic carbocycles. The van der Waals surface area contributed by atoms with Crippen LogP contribution in [0.15, 0.2) is 54.6 Å². The first-order chi connectivity index (χ1) is 11.2. The van der Waals surface area contributed by atoms with Gasteiger partial charge in [-0.05, 0) is 36.6 Å². The van der Waals surface area contributed by atoms with Crippen molar-refractivity contribution >= 4 is 5.82 Å². The van der Waals surface area contributed by atoms with Crippen LogP contribution in [0.1, 0.15) is 23.6 Å². The second-order valence-corrected chi connectivity index (χ2v) is 5.59. The third kappa shape index (κ3) is 2.49. The third-order valence-corrected chi connectivity index (χ3v) is 4.11. The number of anilines is 1. The van der Waals surface area contributed by atoms with Gasteiger partial charge in [-0.15, -0.1) is 0 Å². The lowest BCUT2D eigenvalue weighted by molar-refractivity contribution is 1.07. The van der Waals surface area contributed by atoms with Crippen molar-refractivity contribution in [1.82, 2.24) is 4.57 Å². The average Bonchev–Trinajstić information content (AvgIpc) is 2.88. The molecule has 0 radical (unpaired) electrons. The van der Waals surface area contributed by atoms with E-state index in [0.29, 0.717) is 11.4 Å². The molecule has 2 aromatic carbocycles. The predicted molar refractivity (Wildman–Crippen MR) is 94.4 cm³/mol. The minimum Gasteiger partial charge on any atom is -0.384 e. The SMILES string of the molecule is CCc1c(C#N)c(N)n(-c2ccc(C)cc2)c1-c1ccccc1. The molecule has 2 N–H and O–H groups in total. The van der Waals surface area contributed by atoms with E-state index < -0.39 is 0 Å². The van der Waals surface area contributed by atoms with Gasteiger partial charge in [0, 0.05) is 5.69 Å². The summed E-state index contributed by atoms with van der Waals surface area (Å²) in [5, 5.41) is 9.56. The maximum absolute atomic E-state index is 9.56. The summed E-state index contributed by atoms with van der Waals surface area (Å²) in [4.78, 5) is 0. The summed E-state index contributed by atoms with van der Waals surface area (Å²) in [5.74, 6) is 0.507. The van der Waals surface area contributed by atoms with Gasteiger partial charge in [-0.25, -0.2) is 0 Å². The fraction of sp³-hybridized carbons (Fsp3) is 0.150. The monoisotopic (exact) mass is 301 g/mol. The standard InChI is InChI=1S/C20H19N3/c1-3-17-18(13-21)20(22)23(16-11-9-14(2)10-12-16)19(17)15-7-5-4-6-8-15/h4-12H,3,22H2,1-2H3. The van der Waals surface area contributed by atoms with Crippen LogP contribution in [0.3, 0.4) is 0 Å². The van der Waals surface area contributed by atoms with Gasteiger partial charge in [0.15, 0.2) is 0 Å². The second kappa shape index (κ2) is 6.02. The van der Waals surface area contributed by atoms with E-state index in [1.165, 1.54) is 5.56 Å². The van der Waals surface area contributed by atoms with Crippen molar-refractivity contribution in [3.8, 4) is 23.0 Å².